The summed E-state index contributed by atoms with van der Waals surface area (Å²) in [6, 6.07) is 16.1. The van der Waals surface area contributed by atoms with Gasteiger partial charge >= 0.3 is 0 Å². The highest BCUT2D eigenvalue weighted by atomic mass is 19.1. The molecule has 1 aliphatic carbocycles. The second-order valence-electron chi connectivity index (χ2n) is 8.93. The van der Waals surface area contributed by atoms with Crippen molar-refractivity contribution in [3.63, 3.8) is 0 Å². The summed E-state index contributed by atoms with van der Waals surface area (Å²) in [6.07, 6.45) is 4.54. The van der Waals surface area contributed by atoms with Crippen LogP contribution in [0.5, 0.6) is 0 Å². The molecule has 172 valence electrons. The van der Waals surface area contributed by atoms with Crippen molar-refractivity contribution in [3.8, 4) is 17.1 Å². The first-order valence-corrected chi connectivity index (χ1v) is 11.7. The van der Waals surface area contributed by atoms with Crippen molar-refractivity contribution in [2.24, 2.45) is 0 Å². The predicted octanol–water partition coefficient (Wildman–Crippen LogP) is 4.57. The molecule has 2 aromatic carbocycles. The molecular formula is C26H24FN5O2. The Morgan fingerprint density at radius 2 is 1.94 bits per heavy atom. The van der Waals surface area contributed by atoms with Gasteiger partial charge in [0.25, 0.3) is 5.91 Å². The number of hydrogen-bond donors (Lipinski definition) is 0. The van der Waals surface area contributed by atoms with Crippen LogP contribution in [0.2, 0.25) is 0 Å². The molecular weight excluding hydrogens is 433 g/mol. The standard InChI is InChI=1S/C26H24FN5O2/c27-19-9-4-7-17(15-19)24-28-25(34-30-24)18-8-6-14-31(16-18)26(33)23-21-12-5-13-22(21)32(29-23)20-10-2-1-3-11-20/h1-4,7,9-11,15,18H,5-6,8,12-14,16H2. The molecule has 0 spiro atoms. The van der Waals surface area contributed by atoms with Crippen LogP contribution in [0, 0.1) is 5.82 Å². The number of halogens is 1. The van der Waals surface area contributed by atoms with Gasteiger partial charge in [0.15, 0.2) is 5.69 Å². The normalized spacial score (nSPS) is 17.7. The van der Waals surface area contributed by atoms with Crippen LogP contribution < -0.4 is 0 Å². The molecule has 8 heteroatoms. The van der Waals surface area contributed by atoms with Crippen molar-refractivity contribution in [3.05, 3.63) is 83.3 Å². The zero-order chi connectivity index (χ0) is 23.1. The van der Waals surface area contributed by atoms with Gasteiger partial charge in [-0.3, -0.25) is 4.79 Å². The lowest BCUT2D eigenvalue weighted by Crippen LogP contribution is -2.39. The molecule has 1 amide bonds. The number of carbonyl (C=O) groups is 1. The lowest BCUT2D eigenvalue weighted by Gasteiger charge is -2.30. The Morgan fingerprint density at radius 3 is 2.79 bits per heavy atom. The van der Waals surface area contributed by atoms with Crippen LogP contribution in [0.3, 0.4) is 0 Å². The molecule has 0 saturated carbocycles. The summed E-state index contributed by atoms with van der Waals surface area (Å²) in [4.78, 5) is 20.0. The Balaban J connectivity index is 1.24. The number of rotatable bonds is 4. The molecule has 2 aromatic heterocycles. The number of para-hydroxylation sites is 1. The molecule has 1 saturated heterocycles. The zero-order valence-electron chi connectivity index (χ0n) is 18.7. The minimum atomic E-state index is -0.347. The van der Waals surface area contributed by atoms with Gasteiger partial charge in [0.2, 0.25) is 11.7 Å². The maximum absolute atomic E-state index is 13.6. The van der Waals surface area contributed by atoms with Gasteiger partial charge < -0.3 is 9.42 Å². The Kier molecular flexibility index (Phi) is 5.20. The minimum absolute atomic E-state index is 0.0394. The molecule has 0 N–H and O–H groups in total. The molecule has 1 fully saturated rings. The van der Waals surface area contributed by atoms with Crippen LogP contribution in [-0.2, 0) is 12.8 Å². The largest absolute Gasteiger partial charge is 0.339 e. The van der Waals surface area contributed by atoms with E-state index < -0.39 is 0 Å². The van der Waals surface area contributed by atoms with Crippen molar-refractivity contribution in [2.75, 3.05) is 13.1 Å². The third-order valence-electron chi connectivity index (χ3n) is 6.72. The second-order valence-corrected chi connectivity index (χ2v) is 8.93. The Hall–Kier alpha value is -3.81. The van der Waals surface area contributed by atoms with E-state index in [9.17, 15) is 9.18 Å². The monoisotopic (exact) mass is 457 g/mol. The van der Waals surface area contributed by atoms with E-state index in [4.69, 9.17) is 9.62 Å². The molecule has 0 radical (unpaired) electrons. The van der Waals surface area contributed by atoms with E-state index in [1.807, 2.05) is 39.9 Å². The summed E-state index contributed by atoms with van der Waals surface area (Å²) in [5.41, 5.74) is 4.32. The molecule has 2 aliphatic rings. The third-order valence-corrected chi connectivity index (χ3v) is 6.72. The number of benzene rings is 2. The summed E-state index contributed by atoms with van der Waals surface area (Å²) in [6.45, 7) is 1.17. The fourth-order valence-electron chi connectivity index (χ4n) is 5.05. The maximum atomic E-state index is 13.6. The van der Waals surface area contributed by atoms with E-state index >= 15 is 0 Å². The number of likely N-dealkylation sites (tertiary alicyclic amines) is 1. The molecule has 7 nitrogen and oxygen atoms in total. The Morgan fingerprint density at radius 1 is 1.06 bits per heavy atom. The third kappa shape index (κ3) is 3.69. The van der Waals surface area contributed by atoms with Crippen LogP contribution in [-0.4, -0.2) is 43.8 Å². The van der Waals surface area contributed by atoms with Crippen LogP contribution in [0.15, 0.2) is 59.1 Å². The van der Waals surface area contributed by atoms with Gasteiger partial charge in [-0.2, -0.15) is 10.1 Å². The second kappa shape index (κ2) is 8.52. The first-order chi connectivity index (χ1) is 16.7. The number of fused-ring (bicyclic) bond motifs is 1. The fourth-order valence-corrected chi connectivity index (χ4v) is 5.05. The molecule has 0 bridgehead atoms. The number of carbonyl (C=O) groups excluding carboxylic acids is 1. The average molecular weight is 458 g/mol. The van der Waals surface area contributed by atoms with Crippen molar-refractivity contribution in [1.29, 1.82) is 0 Å². The number of amides is 1. The number of aromatic nitrogens is 4. The highest BCUT2D eigenvalue weighted by Crippen LogP contribution is 2.32. The Bertz CT molecular complexity index is 1350. The fraction of sp³-hybridized carbons (Fsp3) is 0.308. The topological polar surface area (TPSA) is 77.1 Å². The lowest BCUT2D eigenvalue weighted by atomic mass is 9.97. The molecule has 4 aromatic rings. The number of nitrogens with zero attached hydrogens (tertiary/aromatic N) is 5. The van der Waals surface area contributed by atoms with E-state index in [1.54, 1.807) is 12.1 Å². The van der Waals surface area contributed by atoms with Crippen molar-refractivity contribution in [2.45, 2.75) is 38.0 Å². The van der Waals surface area contributed by atoms with E-state index in [0.29, 0.717) is 36.1 Å². The van der Waals surface area contributed by atoms with Gasteiger partial charge in [-0.05, 0) is 56.4 Å². The van der Waals surface area contributed by atoms with E-state index in [-0.39, 0.29) is 17.6 Å². The summed E-state index contributed by atoms with van der Waals surface area (Å²) in [5.74, 6) is 0.397. The summed E-state index contributed by atoms with van der Waals surface area (Å²) in [5, 5.41) is 8.81. The predicted molar refractivity (Wildman–Crippen MR) is 123 cm³/mol. The molecule has 6 rings (SSSR count). The van der Waals surface area contributed by atoms with Gasteiger partial charge in [0.05, 0.1) is 11.6 Å². The molecule has 1 aliphatic heterocycles. The van der Waals surface area contributed by atoms with Gasteiger partial charge in [-0.15, -0.1) is 0 Å². The number of hydrogen-bond acceptors (Lipinski definition) is 5. The maximum Gasteiger partial charge on any atom is 0.274 e. The highest BCUT2D eigenvalue weighted by Gasteiger charge is 2.33. The van der Waals surface area contributed by atoms with Crippen LogP contribution in [0.4, 0.5) is 4.39 Å². The van der Waals surface area contributed by atoms with Crippen molar-refractivity contribution >= 4 is 5.91 Å². The van der Waals surface area contributed by atoms with Crippen molar-refractivity contribution < 1.29 is 13.7 Å². The van der Waals surface area contributed by atoms with E-state index in [1.165, 1.54) is 12.1 Å². The first kappa shape index (κ1) is 20.8. The van der Waals surface area contributed by atoms with Gasteiger partial charge in [-0.1, -0.05) is 35.5 Å². The summed E-state index contributed by atoms with van der Waals surface area (Å²) in [7, 11) is 0. The molecule has 3 heterocycles. The number of piperidine rings is 1. The minimum Gasteiger partial charge on any atom is -0.339 e. The zero-order valence-corrected chi connectivity index (χ0v) is 18.7. The van der Waals surface area contributed by atoms with Crippen LogP contribution in [0.25, 0.3) is 17.1 Å². The molecule has 34 heavy (non-hydrogen) atoms. The SMILES string of the molecule is O=C(c1nn(-c2ccccc2)c2c1CCC2)N1CCCC(c2nc(-c3cccc(F)c3)no2)C1. The smallest absolute Gasteiger partial charge is 0.274 e. The van der Waals surface area contributed by atoms with Gasteiger partial charge in [0.1, 0.15) is 5.82 Å². The summed E-state index contributed by atoms with van der Waals surface area (Å²) >= 11 is 0. The van der Waals surface area contributed by atoms with E-state index in [2.05, 4.69) is 10.1 Å². The average Bonchev–Trinajstić information content (AvgIpc) is 3.61. The lowest BCUT2D eigenvalue weighted by molar-refractivity contribution is 0.0688. The molecule has 1 unspecified atom stereocenters. The first-order valence-electron chi connectivity index (χ1n) is 11.7. The van der Waals surface area contributed by atoms with Crippen LogP contribution >= 0.6 is 0 Å². The molecule has 1 atom stereocenters. The van der Waals surface area contributed by atoms with E-state index in [0.717, 1.165) is 49.0 Å². The van der Waals surface area contributed by atoms with Crippen molar-refractivity contribution in [1.82, 2.24) is 24.8 Å². The van der Waals surface area contributed by atoms with Crippen LogP contribution in [0.1, 0.15) is 52.8 Å². The quantitative estimate of drug-likeness (QED) is 0.449. The Labute approximate surface area is 196 Å². The van der Waals surface area contributed by atoms with Gasteiger partial charge in [-0.25, -0.2) is 9.07 Å². The van der Waals surface area contributed by atoms with Gasteiger partial charge in [0, 0.05) is 29.9 Å². The highest BCUT2D eigenvalue weighted by molar-refractivity contribution is 5.94. The summed E-state index contributed by atoms with van der Waals surface area (Å²) < 4.78 is 21.0.